The topological polar surface area (TPSA) is 61.3 Å². The summed E-state index contributed by atoms with van der Waals surface area (Å²) in [6.45, 7) is -1.85. The van der Waals surface area contributed by atoms with Gasteiger partial charge >= 0.3 is 0 Å². The molecular weight excluding hydrogens is 218 g/mol. The number of nitrogens with one attached hydrogen (secondary N) is 1. The predicted octanol–water partition coefficient (Wildman–Crippen LogP) is 0.582. The maximum Gasteiger partial charge on any atom is 0.287 e. The van der Waals surface area contributed by atoms with Crippen LogP contribution < -0.4 is 10.2 Å². The third-order valence-corrected chi connectivity index (χ3v) is 1.80. The molecule has 7 heteroatoms. The molecule has 0 aliphatic rings. The largest absolute Gasteiger partial charge is 0.390 e. The molecule has 1 aromatic rings. The summed E-state index contributed by atoms with van der Waals surface area (Å²) < 4.78 is 25.5. The summed E-state index contributed by atoms with van der Waals surface area (Å²) >= 11 is 0. The summed E-state index contributed by atoms with van der Waals surface area (Å²) in [5.74, 6) is -2.42. The number of halogens is 2. The summed E-state index contributed by atoms with van der Waals surface area (Å²) in [7, 11) is 3.50. The molecule has 0 radical (unpaired) electrons. The lowest BCUT2D eigenvalue weighted by Crippen LogP contribution is -2.31. The Bertz CT molecular complexity index is 346. The van der Waals surface area contributed by atoms with E-state index in [0.29, 0.717) is 11.8 Å². The summed E-state index contributed by atoms with van der Waals surface area (Å²) in [4.78, 5) is 9.60. The first-order valence-corrected chi connectivity index (χ1v) is 4.67. The van der Waals surface area contributed by atoms with Crippen molar-refractivity contribution >= 4 is 11.8 Å². The molecule has 1 rings (SSSR count). The maximum atomic E-state index is 12.7. The Morgan fingerprint density at radius 1 is 1.50 bits per heavy atom. The van der Waals surface area contributed by atoms with Gasteiger partial charge in [0.05, 0.1) is 6.54 Å². The average Bonchev–Trinajstić information content (AvgIpc) is 2.27. The van der Waals surface area contributed by atoms with E-state index in [1.165, 1.54) is 12.3 Å². The fourth-order valence-corrected chi connectivity index (χ4v) is 0.938. The zero-order valence-corrected chi connectivity index (χ0v) is 9.11. The van der Waals surface area contributed by atoms with Crippen molar-refractivity contribution in [2.75, 3.05) is 37.5 Å². The molecule has 0 bridgehead atoms. The number of anilines is 2. The van der Waals surface area contributed by atoms with Crippen molar-refractivity contribution < 1.29 is 13.9 Å². The normalized spacial score (nSPS) is 11.3. The van der Waals surface area contributed by atoms with Gasteiger partial charge in [0.25, 0.3) is 5.92 Å². The van der Waals surface area contributed by atoms with Crippen LogP contribution in [0.5, 0.6) is 0 Å². The summed E-state index contributed by atoms with van der Waals surface area (Å²) in [5.41, 5.74) is 0. The number of aliphatic hydroxyl groups is 1. The zero-order valence-electron chi connectivity index (χ0n) is 9.11. The van der Waals surface area contributed by atoms with Crippen LogP contribution in [0.1, 0.15) is 0 Å². The van der Waals surface area contributed by atoms with Crippen molar-refractivity contribution in [1.29, 1.82) is 0 Å². The smallest absolute Gasteiger partial charge is 0.287 e. The number of rotatable bonds is 5. The fraction of sp³-hybridized carbons (Fsp3) is 0.556. The standard InChI is InChI=1S/C9H14F2N4O/c1-15(2)8-12-4-3-7(14-8)13-5-9(10,11)6-16/h3-4,16H,5-6H2,1-2H3,(H,12,13,14). The summed E-state index contributed by atoms with van der Waals surface area (Å²) in [5, 5.41) is 10.8. The molecule has 16 heavy (non-hydrogen) atoms. The van der Waals surface area contributed by atoms with Crippen LogP contribution in [0.15, 0.2) is 12.3 Å². The second-order valence-corrected chi connectivity index (χ2v) is 3.50. The van der Waals surface area contributed by atoms with Crippen molar-refractivity contribution in [3.8, 4) is 0 Å². The first-order chi connectivity index (χ1) is 7.44. The van der Waals surface area contributed by atoms with Crippen LogP contribution in [0.25, 0.3) is 0 Å². The molecule has 0 fully saturated rings. The third kappa shape index (κ3) is 3.58. The number of nitrogens with zero attached hydrogens (tertiary/aromatic N) is 3. The Morgan fingerprint density at radius 2 is 2.19 bits per heavy atom. The van der Waals surface area contributed by atoms with Crippen LogP contribution in [-0.4, -0.2) is 48.2 Å². The van der Waals surface area contributed by atoms with Crippen molar-refractivity contribution in [2.45, 2.75) is 5.92 Å². The third-order valence-electron chi connectivity index (χ3n) is 1.80. The van der Waals surface area contributed by atoms with Gasteiger partial charge in [-0.3, -0.25) is 0 Å². The van der Waals surface area contributed by atoms with Gasteiger partial charge in [-0.2, -0.15) is 4.98 Å². The molecule has 90 valence electrons. The van der Waals surface area contributed by atoms with Gasteiger partial charge < -0.3 is 15.3 Å². The monoisotopic (exact) mass is 232 g/mol. The summed E-state index contributed by atoms with van der Waals surface area (Å²) in [6.07, 6.45) is 1.47. The Labute approximate surface area is 92.1 Å². The minimum Gasteiger partial charge on any atom is -0.390 e. The molecule has 0 saturated carbocycles. The van der Waals surface area contributed by atoms with E-state index in [1.807, 2.05) is 0 Å². The number of aliphatic hydroxyl groups excluding tert-OH is 1. The van der Waals surface area contributed by atoms with Crippen LogP contribution in [-0.2, 0) is 0 Å². The van der Waals surface area contributed by atoms with Crippen molar-refractivity contribution in [3.63, 3.8) is 0 Å². The van der Waals surface area contributed by atoms with Gasteiger partial charge in [0, 0.05) is 20.3 Å². The van der Waals surface area contributed by atoms with E-state index in [-0.39, 0.29) is 0 Å². The SMILES string of the molecule is CN(C)c1nccc(NCC(F)(F)CO)n1. The summed E-state index contributed by atoms with van der Waals surface area (Å²) in [6, 6.07) is 1.49. The molecule has 0 unspecified atom stereocenters. The molecule has 0 aliphatic heterocycles. The Kier molecular flexibility index (Phi) is 3.94. The molecule has 0 amide bonds. The first kappa shape index (κ1) is 12.6. The highest BCUT2D eigenvalue weighted by Gasteiger charge is 2.27. The lowest BCUT2D eigenvalue weighted by atomic mass is 10.3. The molecular formula is C9H14F2N4O. The molecule has 1 aromatic heterocycles. The van der Waals surface area contributed by atoms with Crippen LogP contribution in [0, 0.1) is 0 Å². The van der Waals surface area contributed by atoms with Gasteiger partial charge in [-0.05, 0) is 6.07 Å². The van der Waals surface area contributed by atoms with E-state index in [1.54, 1.807) is 19.0 Å². The van der Waals surface area contributed by atoms with E-state index in [4.69, 9.17) is 5.11 Å². The highest BCUT2D eigenvalue weighted by Crippen LogP contribution is 2.14. The van der Waals surface area contributed by atoms with Gasteiger partial charge in [0.2, 0.25) is 5.95 Å². The second kappa shape index (κ2) is 5.02. The lowest BCUT2D eigenvalue weighted by molar-refractivity contribution is -0.0373. The van der Waals surface area contributed by atoms with Gasteiger partial charge in [-0.15, -0.1) is 0 Å². The molecule has 5 nitrogen and oxygen atoms in total. The van der Waals surface area contributed by atoms with E-state index >= 15 is 0 Å². The predicted molar refractivity (Wildman–Crippen MR) is 56.9 cm³/mol. The van der Waals surface area contributed by atoms with Crippen molar-refractivity contribution in [1.82, 2.24) is 9.97 Å². The maximum absolute atomic E-state index is 12.7. The Hall–Kier alpha value is -1.50. The zero-order chi connectivity index (χ0) is 12.2. The molecule has 0 aromatic carbocycles. The van der Waals surface area contributed by atoms with Gasteiger partial charge in [0.15, 0.2) is 0 Å². The minimum atomic E-state index is -3.15. The van der Waals surface area contributed by atoms with Crippen molar-refractivity contribution in [3.05, 3.63) is 12.3 Å². The van der Waals surface area contributed by atoms with Gasteiger partial charge in [-0.1, -0.05) is 0 Å². The Balaban J connectivity index is 2.64. The molecule has 1 heterocycles. The molecule has 0 spiro atoms. The van der Waals surface area contributed by atoms with Crippen LogP contribution in [0.4, 0.5) is 20.5 Å². The highest BCUT2D eigenvalue weighted by atomic mass is 19.3. The van der Waals surface area contributed by atoms with E-state index in [9.17, 15) is 8.78 Å². The first-order valence-electron chi connectivity index (χ1n) is 4.67. The Morgan fingerprint density at radius 3 is 2.75 bits per heavy atom. The molecule has 2 N–H and O–H groups in total. The number of hydrogen-bond acceptors (Lipinski definition) is 5. The van der Waals surface area contributed by atoms with Gasteiger partial charge in [-0.25, -0.2) is 13.8 Å². The molecule has 0 aliphatic carbocycles. The number of alkyl halides is 2. The fourth-order valence-electron chi connectivity index (χ4n) is 0.938. The number of hydrogen-bond donors (Lipinski definition) is 2. The molecule has 0 saturated heterocycles. The van der Waals surface area contributed by atoms with E-state index < -0.39 is 19.1 Å². The van der Waals surface area contributed by atoms with Crippen LogP contribution >= 0.6 is 0 Å². The minimum absolute atomic E-state index is 0.298. The number of aromatic nitrogens is 2. The average molecular weight is 232 g/mol. The molecule has 0 atom stereocenters. The van der Waals surface area contributed by atoms with Crippen molar-refractivity contribution in [2.24, 2.45) is 0 Å². The lowest BCUT2D eigenvalue weighted by Gasteiger charge is -2.15. The van der Waals surface area contributed by atoms with Gasteiger partial charge in [0.1, 0.15) is 12.4 Å². The van der Waals surface area contributed by atoms with Crippen LogP contribution in [0.2, 0.25) is 0 Å². The highest BCUT2D eigenvalue weighted by molar-refractivity contribution is 5.40. The van der Waals surface area contributed by atoms with E-state index in [2.05, 4.69) is 15.3 Å². The van der Waals surface area contributed by atoms with Crippen LogP contribution in [0.3, 0.4) is 0 Å². The quantitative estimate of drug-likeness (QED) is 0.777. The van der Waals surface area contributed by atoms with E-state index in [0.717, 1.165) is 0 Å². The second-order valence-electron chi connectivity index (χ2n) is 3.50.